The summed E-state index contributed by atoms with van der Waals surface area (Å²) in [4.78, 5) is 11.6. The van der Waals surface area contributed by atoms with Gasteiger partial charge in [-0.25, -0.2) is 9.18 Å². The van der Waals surface area contributed by atoms with E-state index >= 15 is 0 Å². The highest BCUT2D eigenvalue weighted by Crippen LogP contribution is 2.25. The Morgan fingerprint density at radius 1 is 1.44 bits per heavy atom. The lowest BCUT2D eigenvalue weighted by Gasteiger charge is -2.16. The molecule has 1 fully saturated rings. The van der Waals surface area contributed by atoms with Crippen molar-refractivity contribution in [1.29, 1.82) is 0 Å². The van der Waals surface area contributed by atoms with Crippen molar-refractivity contribution in [3.63, 3.8) is 0 Å². The Labute approximate surface area is 93.6 Å². The maximum atomic E-state index is 12.8. The van der Waals surface area contributed by atoms with E-state index in [9.17, 15) is 9.18 Å². The highest BCUT2D eigenvalue weighted by molar-refractivity contribution is 5.77. The monoisotopic (exact) mass is 223 g/mol. The zero-order chi connectivity index (χ0) is 11.5. The third-order valence-corrected chi connectivity index (χ3v) is 2.62. The van der Waals surface area contributed by atoms with Gasteiger partial charge in [-0.3, -0.25) is 5.32 Å². The minimum absolute atomic E-state index is 0.307. The van der Waals surface area contributed by atoms with E-state index in [0.29, 0.717) is 6.04 Å². The fourth-order valence-electron chi connectivity index (χ4n) is 1.56. The average Bonchev–Trinajstić information content (AvgIpc) is 3.10. The molecule has 1 aliphatic carbocycles. The lowest BCUT2D eigenvalue weighted by atomic mass is 10.1. The third-order valence-electron chi connectivity index (χ3n) is 2.62. The number of nitrogens with one attached hydrogen (secondary N) is 1. The number of esters is 1. The van der Waals surface area contributed by atoms with E-state index in [1.165, 1.54) is 19.2 Å². The molecule has 0 aromatic heterocycles. The zero-order valence-corrected chi connectivity index (χ0v) is 9.07. The van der Waals surface area contributed by atoms with Gasteiger partial charge in [-0.15, -0.1) is 0 Å². The van der Waals surface area contributed by atoms with E-state index in [1.807, 2.05) is 0 Å². The summed E-state index contributed by atoms with van der Waals surface area (Å²) >= 11 is 0. The Morgan fingerprint density at radius 3 is 2.56 bits per heavy atom. The SMILES string of the molecule is COC(=O)C(NC1CC1)c1ccc(F)cc1. The second kappa shape index (κ2) is 4.61. The third kappa shape index (κ3) is 2.58. The highest BCUT2D eigenvalue weighted by Gasteiger charge is 2.29. The Balaban J connectivity index is 2.15. The summed E-state index contributed by atoms with van der Waals surface area (Å²) in [5.74, 6) is -0.641. The maximum absolute atomic E-state index is 12.8. The summed E-state index contributed by atoms with van der Waals surface area (Å²) in [7, 11) is 1.35. The molecule has 1 N–H and O–H groups in total. The predicted molar refractivity (Wildman–Crippen MR) is 57.3 cm³/mol. The fourth-order valence-corrected chi connectivity index (χ4v) is 1.56. The number of ether oxygens (including phenoxy) is 1. The Bertz CT molecular complexity index is 373. The molecule has 0 spiro atoms. The number of halogens is 1. The molecule has 0 amide bonds. The summed E-state index contributed by atoms with van der Waals surface area (Å²) in [6.45, 7) is 0. The van der Waals surface area contributed by atoms with Gasteiger partial charge in [0, 0.05) is 6.04 Å². The van der Waals surface area contributed by atoms with E-state index in [1.54, 1.807) is 12.1 Å². The van der Waals surface area contributed by atoms with Crippen LogP contribution < -0.4 is 5.32 Å². The molecular weight excluding hydrogens is 209 g/mol. The van der Waals surface area contributed by atoms with Crippen LogP contribution in [0.25, 0.3) is 0 Å². The Kier molecular flexibility index (Phi) is 3.19. The van der Waals surface area contributed by atoms with Crippen molar-refractivity contribution in [2.45, 2.75) is 24.9 Å². The van der Waals surface area contributed by atoms with Gasteiger partial charge >= 0.3 is 5.97 Å². The van der Waals surface area contributed by atoms with E-state index in [2.05, 4.69) is 5.32 Å². The van der Waals surface area contributed by atoms with Gasteiger partial charge in [0.05, 0.1) is 7.11 Å². The minimum Gasteiger partial charge on any atom is -0.468 e. The molecule has 16 heavy (non-hydrogen) atoms. The molecule has 0 saturated heterocycles. The van der Waals surface area contributed by atoms with Crippen molar-refractivity contribution >= 4 is 5.97 Å². The van der Waals surface area contributed by atoms with Crippen molar-refractivity contribution < 1.29 is 13.9 Å². The first-order valence-electron chi connectivity index (χ1n) is 5.30. The normalized spacial score (nSPS) is 16.9. The molecule has 4 heteroatoms. The highest BCUT2D eigenvalue weighted by atomic mass is 19.1. The molecule has 1 atom stereocenters. The lowest BCUT2D eigenvalue weighted by Crippen LogP contribution is -2.31. The molecule has 1 aliphatic rings. The van der Waals surface area contributed by atoms with Gasteiger partial charge < -0.3 is 4.74 Å². The van der Waals surface area contributed by atoms with E-state index in [0.717, 1.165) is 18.4 Å². The maximum Gasteiger partial charge on any atom is 0.327 e. The first-order chi connectivity index (χ1) is 7.70. The molecule has 1 aromatic carbocycles. The van der Waals surface area contributed by atoms with Crippen LogP contribution in [0.1, 0.15) is 24.4 Å². The predicted octanol–water partition coefficient (Wildman–Crippen LogP) is 1.79. The number of methoxy groups -OCH3 is 1. The topological polar surface area (TPSA) is 38.3 Å². The van der Waals surface area contributed by atoms with Crippen molar-refractivity contribution in [3.05, 3.63) is 35.6 Å². The van der Waals surface area contributed by atoms with E-state index in [4.69, 9.17) is 4.74 Å². The zero-order valence-electron chi connectivity index (χ0n) is 9.07. The Hall–Kier alpha value is -1.42. The van der Waals surface area contributed by atoms with Gasteiger partial charge in [0.1, 0.15) is 11.9 Å². The molecule has 86 valence electrons. The average molecular weight is 223 g/mol. The molecule has 2 rings (SSSR count). The van der Waals surface area contributed by atoms with Crippen molar-refractivity contribution in [2.75, 3.05) is 7.11 Å². The summed E-state index contributed by atoms with van der Waals surface area (Å²) in [5.41, 5.74) is 0.736. The summed E-state index contributed by atoms with van der Waals surface area (Å²) in [6, 6.07) is 5.80. The van der Waals surface area contributed by atoms with Crippen LogP contribution in [0.5, 0.6) is 0 Å². The van der Waals surface area contributed by atoms with Crippen LogP contribution in [0.15, 0.2) is 24.3 Å². The van der Waals surface area contributed by atoms with Gasteiger partial charge in [-0.2, -0.15) is 0 Å². The largest absolute Gasteiger partial charge is 0.468 e. The second-order valence-electron chi connectivity index (χ2n) is 3.95. The van der Waals surface area contributed by atoms with Crippen LogP contribution in [-0.2, 0) is 9.53 Å². The van der Waals surface area contributed by atoms with Crippen LogP contribution in [0.4, 0.5) is 4.39 Å². The van der Waals surface area contributed by atoms with Crippen LogP contribution >= 0.6 is 0 Å². The van der Waals surface area contributed by atoms with Crippen molar-refractivity contribution in [2.24, 2.45) is 0 Å². The number of hydrogen-bond acceptors (Lipinski definition) is 3. The molecule has 1 saturated carbocycles. The summed E-state index contributed by atoms with van der Waals surface area (Å²) in [5, 5.41) is 3.18. The number of benzene rings is 1. The van der Waals surface area contributed by atoms with Crippen LogP contribution in [0, 0.1) is 5.82 Å². The van der Waals surface area contributed by atoms with Gasteiger partial charge in [0.2, 0.25) is 0 Å². The van der Waals surface area contributed by atoms with Crippen molar-refractivity contribution in [1.82, 2.24) is 5.32 Å². The van der Waals surface area contributed by atoms with Crippen LogP contribution in [0.2, 0.25) is 0 Å². The molecule has 0 heterocycles. The number of rotatable bonds is 4. The van der Waals surface area contributed by atoms with Gasteiger partial charge in [-0.05, 0) is 30.5 Å². The van der Waals surface area contributed by atoms with Crippen LogP contribution in [0.3, 0.4) is 0 Å². The summed E-state index contributed by atoms with van der Waals surface area (Å²) in [6.07, 6.45) is 2.16. The van der Waals surface area contributed by atoms with E-state index in [-0.39, 0.29) is 11.8 Å². The minimum atomic E-state index is -0.488. The smallest absolute Gasteiger partial charge is 0.327 e. The van der Waals surface area contributed by atoms with Crippen LogP contribution in [-0.4, -0.2) is 19.1 Å². The molecular formula is C12H14FNO2. The van der Waals surface area contributed by atoms with Gasteiger partial charge in [-0.1, -0.05) is 12.1 Å². The number of hydrogen-bond donors (Lipinski definition) is 1. The number of carbonyl (C=O) groups excluding carboxylic acids is 1. The first kappa shape index (κ1) is 11.1. The molecule has 0 radical (unpaired) electrons. The molecule has 1 aromatic rings. The van der Waals surface area contributed by atoms with Crippen molar-refractivity contribution in [3.8, 4) is 0 Å². The standard InChI is InChI=1S/C12H14FNO2/c1-16-12(15)11(14-10-6-7-10)8-2-4-9(13)5-3-8/h2-5,10-11,14H,6-7H2,1H3. The molecule has 1 unspecified atom stereocenters. The van der Waals surface area contributed by atoms with Gasteiger partial charge in [0.15, 0.2) is 0 Å². The van der Waals surface area contributed by atoms with Gasteiger partial charge in [0.25, 0.3) is 0 Å². The number of carbonyl (C=O) groups is 1. The van der Waals surface area contributed by atoms with E-state index < -0.39 is 6.04 Å². The summed E-state index contributed by atoms with van der Waals surface area (Å²) < 4.78 is 17.5. The quantitative estimate of drug-likeness (QED) is 0.791. The lowest BCUT2D eigenvalue weighted by molar-refractivity contribution is -0.143. The Morgan fingerprint density at radius 2 is 2.06 bits per heavy atom. The second-order valence-corrected chi connectivity index (χ2v) is 3.95. The molecule has 0 bridgehead atoms. The molecule has 0 aliphatic heterocycles. The fraction of sp³-hybridized carbons (Fsp3) is 0.417. The first-order valence-corrected chi connectivity index (χ1v) is 5.30. The molecule has 3 nitrogen and oxygen atoms in total.